The Labute approximate surface area is 168 Å². The van der Waals surface area contributed by atoms with Gasteiger partial charge in [-0.15, -0.1) is 0 Å². The number of nitrogens with one attached hydrogen (secondary N) is 1. The van der Waals surface area contributed by atoms with E-state index in [9.17, 15) is 4.79 Å². The second-order valence-corrected chi connectivity index (χ2v) is 7.78. The molecule has 1 heterocycles. The molecule has 0 radical (unpaired) electrons. The molecule has 1 amide bonds. The highest BCUT2D eigenvalue weighted by molar-refractivity contribution is 7.99. The van der Waals surface area contributed by atoms with Gasteiger partial charge < -0.3 is 9.73 Å². The van der Waals surface area contributed by atoms with E-state index in [1.54, 1.807) is 17.8 Å². The maximum absolute atomic E-state index is 12.5. The van der Waals surface area contributed by atoms with Crippen LogP contribution < -0.4 is 5.32 Å². The summed E-state index contributed by atoms with van der Waals surface area (Å²) in [6, 6.07) is 24.1. The molecular formula is C24H21NO2S. The minimum Gasteiger partial charge on any atom is -0.444 e. The molecule has 0 spiro atoms. The third kappa shape index (κ3) is 3.82. The molecule has 1 aromatic heterocycles. The largest absolute Gasteiger partial charge is 0.444 e. The Kier molecular flexibility index (Phi) is 5.22. The predicted molar refractivity (Wildman–Crippen MR) is 114 cm³/mol. The molecule has 0 saturated carbocycles. The molecule has 3 aromatic carbocycles. The van der Waals surface area contributed by atoms with Crippen molar-refractivity contribution < 1.29 is 9.21 Å². The van der Waals surface area contributed by atoms with Gasteiger partial charge in [0.15, 0.2) is 10.9 Å². The third-order valence-corrected chi connectivity index (χ3v) is 6.00. The van der Waals surface area contributed by atoms with Crippen molar-refractivity contribution in [2.75, 3.05) is 0 Å². The van der Waals surface area contributed by atoms with Gasteiger partial charge in [0.25, 0.3) is 5.91 Å². The van der Waals surface area contributed by atoms with Crippen molar-refractivity contribution in [3.8, 4) is 0 Å². The van der Waals surface area contributed by atoms with E-state index in [0.29, 0.717) is 17.4 Å². The summed E-state index contributed by atoms with van der Waals surface area (Å²) in [6.07, 6.45) is 0. The lowest BCUT2D eigenvalue weighted by atomic mass is 10.0. The Hall–Kier alpha value is -2.98. The van der Waals surface area contributed by atoms with E-state index in [2.05, 4.69) is 49.5 Å². The Bertz CT molecular complexity index is 1120. The van der Waals surface area contributed by atoms with E-state index in [-0.39, 0.29) is 5.91 Å². The van der Waals surface area contributed by atoms with Crippen LogP contribution in [0.3, 0.4) is 0 Å². The Morgan fingerprint density at radius 1 is 0.893 bits per heavy atom. The van der Waals surface area contributed by atoms with Gasteiger partial charge in [-0.25, -0.2) is 0 Å². The second kappa shape index (κ2) is 7.95. The van der Waals surface area contributed by atoms with Crippen molar-refractivity contribution in [3.05, 3.63) is 95.2 Å². The van der Waals surface area contributed by atoms with Gasteiger partial charge in [0.05, 0.1) is 0 Å². The molecule has 28 heavy (non-hydrogen) atoms. The Morgan fingerprint density at radius 3 is 2.43 bits per heavy atom. The van der Waals surface area contributed by atoms with Crippen molar-refractivity contribution in [1.29, 1.82) is 0 Å². The lowest BCUT2D eigenvalue weighted by molar-refractivity contribution is 0.0918. The van der Waals surface area contributed by atoms with E-state index in [1.165, 1.54) is 21.4 Å². The number of amides is 1. The molecule has 0 aliphatic rings. The van der Waals surface area contributed by atoms with Crippen LogP contribution in [0.5, 0.6) is 0 Å². The second-order valence-electron chi connectivity index (χ2n) is 6.76. The summed E-state index contributed by atoms with van der Waals surface area (Å²) in [5, 5.41) is 6.00. The van der Waals surface area contributed by atoms with Crippen LogP contribution in [-0.4, -0.2) is 5.91 Å². The van der Waals surface area contributed by atoms with Crippen molar-refractivity contribution in [3.63, 3.8) is 0 Å². The van der Waals surface area contributed by atoms with Crippen LogP contribution in [0, 0.1) is 13.8 Å². The maximum atomic E-state index is 12.5. The van der Waals surface area contributed by atoms with Gasteiger partial charge >= 0.3 is 0 Å². The first-order valence-corrected chi connectivity index (χ1v) is 10.0. The standard InChI is InChI=1S/C24H21NO2S/c1-16-7-5-8-17(2)23(16)28-22-14-13-21(27-22)24(26)25-15-19-11-6-10-18-9-3-4-12-20(18)19/h3-14H,15H2,1-2H3,(H,25,26). The van der Waals surface area contributed by atoms with Crippen molar-refractivity contribution in [1.82, 2.24) is 5.32 Å². The summed E-state index contributed by atoms with van der Waals surface area (Å²) in [6.45, 7) is 4.62. The van der Waals surface area contributed by atoms with Crippen LogP contribution in [0.15, 0.2) is 87.2 Å². The molecule has 0 bridgehead atoms. The Morgan fingerprint density at radius 2 is 1.61 bits per heavy atom. The van der Waals surface area contributed by atoms with E-state index < -0.39 is 0 Å². The minimum atomic E-state index is -0.207. The van der Waals surface area contributed by atoms with Crippen LogP contribution in [0.25, 0.3) is 10.8 Å². The first-order chi connectivity index (χ1) is 13.6. The van der Waals surface area contributed by atoms with Crippen molar-refractivity contribution in [2.24, 2.45) is 0 Å². The molecule has 140 valence electrons. The van der Waals surface area contributed by atoms with Crippen LogP contribution in [-0.2, 0) is 6.54 Å². The normalized spacial score (nSPS) is 10.9. The lowest BCUT2D eigenvalue weighted by Crippen LogP contribution is -2.22. The fourth-order valence-electron chi connectivity index (χ4n) is 3.27. The van der Waals surface area contributed by atoms with Gasteiger partial charge in [0.1, 0.15) is 0 Å². The average molecular weight is 388 g/mol. The highest BCUT2D eigenvalue weighted by Gasteiger charge is 2.14. The zero-order valence-corrected chi connectivity index (χ0v) is 16.7. The fourth-order valence-corrected chi connectivity index (χ4v) is 4.19. The number of hydrogen-bond acceptors (Lipinski definition) is 3. The Balaban J connectivity index is 1.46. The summed E-state index contributed by atoms with van der Waals surface area (Å²) in [4.78, 5) is 13.7. The highest BCUT2D eigenvalue weighted by atomic mass is 32.2. The summed E-state index contributed by atoms with van der Waals surface area (Å²) < 4.78 is 5.79. The first-order valence-electron chi connectivity index (χ1n) is 9.20. The van der Waals surface area contributed by atoms with Crippen LogP contribution in [0.4, 0.5) is 0 Å². The number of carbonyl (C=O) groups is 1. The molecule has 4 aromatic rings. The SMILES string of the molecule is Cc1cccc(C)c1Sc1ccc(C(=O)NCc2cccc3ccccc23)o1. The minimum absolute atomic E-state index is 0.207. The number of hydrogen-bond donors (Lipinski definition) is 1. The highest BCUT2D eigenvalue weighted by Crippen LogP contribution is 2.34. The van der Waals surface area contributed by atoms with Gasteiger partial charge in [0.2, 0.25) is 0 Å². The molecule has 0 saturated heterocycles. The summed E-state index contributed by atoms with van der Waals surface area (Å²) in [5.74, 6) is 0.121. The number of fused-ring (bicyclic) bond motifs is 1. The smallest absolute Gasteiger partial charge is 0.287 e. The number of carbonyl (C=O) groups excluding carboxylic acids is 1. The molecule has 0 aliphatic heterocycles. The molecule has 0 unspecified atom stereocenters. The van der Waals surface area contributed by atoms with Crippen molar-refractivity contribution >= 4 is 28.4 Å². The van der Waals surface area contributed by atoms with E-state index in [0.717, 1.165) is 10.9 Å². The zero-order chi connectivity index (χ0) is 19.5. The van der Waals surface area contributed by atoms with E-state index in [4.69, 9.17) is 4.42 Å². The maximum Gasteiger partial charge on any atom is 0.287 e. The molecule has 0 atom stereocenters. The van der Waals surface area contributed by atoms with Crippen molar-refractivity contribution in [2.45, 2.75) is 30.4 Å². The quantitative estimate of drug-likeness (QED) is 0.448. The average Bonchev–Trinajstić information content (AvgIpc) is 3.18. The number of furan rings is 1. The fraction of sp³-hybridized carbons (Fsp3) is 0.125. The summed E-state index contributed by atoms with van der Waals surface area (Å²) >= 11 is 1.55. The van der Waals surface area contributed by atoms with Crippen LogP contribution in [0.2, 0.25) is 0 Å². The summed E-state index contributed by atoms with van der Waals surface area (Å²) in [5.41, 5.74) is 3.48. The number of rotatable bonds is 5. The molecule has 4 rings (SSSR count). The predicted octanol–water partition coefficient (Wildman–Crippen LogP) is 6.13. The van der Waals surface area contributed by atoms with Gasteiger partial charge in [-0.1, -0.05) is 72.4 Å². The van der Waals surface area contributed by atoms with Gasteiger partial charge in [-0.2, -0.15) is 0 Å². The van der Waals surface area contributed by atoms with Crippen LogP contribution >= 0.6 is 11.8 Å². The van der Waals surface area contributed by atoms with Gasteiger partial charge in [-0.3, -0.25) is 4.79 Å². The van der Waals surface area contributed by atoms with Gasteiger partial charge in [0, 0.05) is 11.4 Å². The zero-order valence-electron chi connectivity index (χ0n) is 15.9. The number of aryl methyl sites for hydroxylation is 2. The summed E-state index contributed by atoms with van der Waals surface area (Å²) in [7, 11) is 0. The lowest BCUT2D eigenvalue weighted by Gasteiger charge is -2.08. The molecular weight excluding hydrogens is 366 g/mol. The topological polar surface area (TPSA) is 42.2 Å². The molecule has 0 aliphatic carbocycles. The molecule has 0 fully saturated rings. The monoisotopic (exact) mass is 387 g/mol. The molecule has 3 nitrogen and oxygen atoms in total. The van der Waals surface area contributed by atoms with E-state index >= 15 is 0 Å². The van der Waals surface area contributed by atoms with Gasteiger partial charge in [-0.05, 0) is 53.4 Å². The third-order valence-electron chi connectivity index (χ3n) is 4.74. The van der Waals surface area contributed by atoms with Crippen LogP contribution in [0.1, 0.15) is 27.2 Å². The van der Waals surface area contributed by atoms with E-state index in [1.807, 2.05) is 36.4 Å². The first kappa shape index (κ1) is 18.4. The molecule has 1 N–H and O–H groups in total. The molecule has 4 heteroatoms. The number of benzene rings is 3.